The maximum Gasteiger partial charge on any atom is 0.253 e. The van der Waals surface area contributed by atoms with Crippen LogP contribution in [0.2, 0.25) is 5.02 Å². The molecule has 0 fully saturated rings. The molecular formula is C19H15ClN4O. The van der Waals surface area contributed by atoms with Gasteiger partial charge in [0.2, 0.25) is 0 Å². The number of nitrogens with one attached hydrogen (secondary N) is 2. The zero-order chi connectivity index (χ0) is 17.4. The van der Waals surface area contributed by atoms with Crippen LogP contribution >= 0.6 is 11.6 Å². The number of anilines is 2. The molecule has 0 saturated carbocycles. The van der Waals surface area contributed by atoms with Crippen molar-refractivity contribution in [1.82, 2.24) is 14.7 Å². The summed E-state index contributed by atoms with van der Waals surface area (Å²) in [5.41, 5.74) is 3.68. The number of amides is 1. The highest BCUT2D eigenvalue weighted by Crippen LogP contribution is 2.29. The van der Waals surface area contributed by atoms with E-state index in [0.29, 0.717) is 21.9 Å². The summed E-state index contributed by atoms with van der Waals surface area (Å²) in [6.07, 6.45) is 1.95. The summed E-state index contributed by atoms with van der Waals surface area (Å²) >= 11 is 6.26. The molecule has 25 heavy (non-hydrogen) atoms. The van der Waals surface area contributed by atoms with Gasteiger partial charge in [-0.2, -0.15) is 0 Å². The lowest BCUT2D eigenvalue weighted by atomic mass is 10.1. The SMILES string of the molecule is CNC(=O)c1cccc2c1nc(Nc1ccccc1Cl)c1cccn12. The Morgan fingerprint density at radius 1 is 1.04 bits per heavy atom. The van der Waals surface area contributed by atoms with Crippen LogP contribution in [-0.4, -0.2) is 22.3 Å². The number of fused-ring (bicyclic) bond motifs is 3. The van der Waals surface area contributed by atoms with E-state index in [1.54, 1.807) is 13.1 Å². The molecule has 0 spiro atoms. The predicted octanol–water partition coefficient (Wildman–Crippen LogP) is 4.24. The molecule has 4 rings (SSSR count). The molecular weight excluding hydrogens is 336 g/mol. The predicted molar refractivity (Wildman–Crippen MR) is 101 cm³/mol. The average molecular weight is 351 g/mol. The number of hydrogen-bond donors (Lipinski definition) is 2. The Balaban J connectivity index is 1.98. The van der Waals surface area contributed by atoms with E-state index in [2.05, 4.69) is 10.6 Å². The summed E-state index contributed by atoms with van der Waals surface area (Å²) in [6, 6.07) is 17.0. The first-order valence-corrected chi connectivity index (χ1v) is 8.20. The van der Waals surface area contributed by atoms with E-state index in [0.717, 1.165) is 16.7 Å². The van der Waals surface area contributed by atoms with Crippen LogP contribution < -0.4 is 10.6 Å². The van der Waals surface area contributed by atoms with Crippen LogP contribution in [0.15, 0.2) is 60.8 Å². The summed E-state index contributed by atoms with van der Waals surface area (Å²) in [5.74, 6) is 0.468. The van der Waals surface area contributed by atoms with Gasteiger partial charge in [0.05, 0.1) is 27.3 Å². The van der Waals surface area contributed by atoms with Gasteiger partial charge in [0.1, 0.15) is 5.52 Å². The van der Waals surface area contributed by atoms with Crippen LogP contribution in [0.25, 0.3) is 16.6 Å². The van der Waals surface area contributed by atoms with Gasteiger partial charge in [0.25, 0.3) is 5.91 Å². The molecule has 0 aliphatic heterocycles. The second-order valence-electron chi connectivity index (χ2n) is 5.58. The quantitative estimate of drug-likeness (QED) is 0.581. The van der Waals surface area contributed by atoms with Crippen molar-refractivity contribution < 1.29 is 4.79 Å². The first-order chi connectivity index (χ1) is 12.2. The summed E-state index contributed by atoms with van der Waals surface area (Å²) in [5, 5.41) is 6.55. The Hall–Kier alpha value is -3.05. The Labute approximate surface area is 149 Å². The molecule has 4 aromatic rings. The number of carbonyl (C=O) groups is 1. The van der Waals surface area contributed by atoms with Gasteiger partial charge >= 0.3 is 0 Å². The second-order valence-corrected chi connectivity index (χ2v) is 5.99. The number of rotatable bonds is 3. The summed E-state index contributed by atoms with van der Waals surface area (Å²) in [7, 11) is 1.61. The molecule has 1 amide bonds. The smallest absolute Gasteiger partial charge is 0.253 e. The second kappa shape index (κ2) is 6.11. The Bertz CT molecular complexity index is 1100. The summed E-state index contributed by atoms with van der Waals surface area (Å²) in [6.45, 7) is 0. The van der Waals surface area contributed by atoms with Gasteiger partial charge in [0.15, 0.2) is 5.82 Å². The van der Waals surface area contributed by atoms with E-state index in [4.69, 9.17) is 16.6 Å². The molecule has 0 radical (unpaired) electrons. The summed E-state index contributed by atoms with van der Waals surface area (Å²) < 4.78 is 2.01. The van der Waals surface area contributed by atoms with Crippen LogP contribution in [0.3, 0.4) is 0 Å². The minimum atomic E-state index is -0.173. The molecule has 6 heteroatoms. The zero-order valence-corrected chi connectivity index (χ0v) is 14.2. The number of para-hydroxylation sites is 2. The standard InChI is InChI=1S/C19H15ClN4O/c1-21-19(25)12-6-4-9-15-17(12)23-18(16-10-5-11-24(15)16)22-14-8-3-2-7-13(14)20/h2-11H,1H3,(H,21,25)(H,22,23). The molecule has 0 bridgehead atoms. The molecule has 0 aliphatic rings. The Morgan fingerprint density at radius 2 is 1.84 bits per heavy atom. The first-order valence-electron chi connectivity index (χ1n) is 7.82. The van der Waals surface area contributed by atoms with Crippen LogP contribution in [0.5, 0.6) is 0 Å². The van der Waals surface area contributed by atoms with Gasteiger partial charge in [0, 0.05) is 13.2 Å². The van der Waals surface area contributed by atoms with Crippen LogP contribution in [0.1, 0.15) is 10.4 Å². The van der Waals surface area contributed by atoms with Gasteiger partial charge in [-0.25, -0.2) is 4.98 Å². The maximum absolute atomic E-state index is 12.2. The van der Waals surface area contributed by atoms with Crippen molar-refractivity contribution in [2.24, 2.45) is 0 Å². The van der Waals surface area contributed by atoms with Gasteiger partial charge in [-0.1, -0.05) is 29.8 Å². The van der Waals surface area contributed by atoms with Crippen LogP contribution in [0.4, 0.5) is 11.5 Å². The number of carbonyl (C=O) groups excluding carboxylic acids is 1. The molecule has 2 heterocycles. The maximum atomic E-state index is 12.2. The third-order valence-corrected chi connectivity index (χ3v) is 4.42. The highest BCUT2D eigenvalue weighted by Gasteiger charge is 2.15. The minimum absolute atomic E-state index is 0.173. The van der Waals surface area contributed by atoms with Crippen molar-refractivity contribution >= 4 is 45.6 Å². The molecule has 2 aromatic carbocycles. The lowest BCUT2D eigenvalue weighted by molar-refractivity contribution is 0.0964. The van der Waals surface area contributed by atoms with Crippen molar-refractivity contribution in [2.75, 3.05) is 12.4 Å². The van der Waals surface area contributed by atoms with Crippen molar-refractivity contribution in [2.45, 2.75) is 0 Å². The molecule has 2 N–H and O–H groups in total. The molecule has 0 saturated heterocycles. The lowest BCUT2D eigenvalue weighted by Gasteiger charge is -2.13. The third kappa shape index (κ3) is 2.58. The summed E-state index contributed by atoms with van der Waals surface area (Å²) in [4.78, 5) is 17.0. The van der Waals surface area contributed by atoms with Crippen molar-refractivity contribution in [3.8, 4) is 0 Å². The first kappa shape index (κ1) is 15.5. The number of aromatic nitrogens is 2. The van der Waals surface area contributed by atoms with Gasteiger partial charge in [-0.3, -0.25) is 4.79 Å². The molecule has 0 aliphatic carbocycles. The van der Waals surface area contributed by atoms with Crippen molar-refractivity contribution in [3.63, 3.8) is 0 Å². The normalized spacial score (nSPS) is 11.0. The number of benzene rings is 2. The molecule has 124 valence electrons. The molecule has 5 nitrogen and oxygen atoms in total. The van der Waals surface area contributed by atoms with E-state index >= 15 is 0 Å². The highest BCUT2D eigenvalue weighted by molar-refractivity contribution is 6.33. The number of halogens is 1. The van der Waals surface area contributed by atoms with E-state index in [1.165, 1.54) is 0 Å². The molecule has 2 aromatic heterocycles. The van der Waals surface area contributed by atoms with Crippen molar-refractivity contribution in [1.29, 1.82) is 0 Å². The van der Waals surface area contributed by atoms with Crippen LogP contribution in [0, 0.1) is 0 Å². The van der Waals surface area contributed by atoms with Crippen LogP contribution in [-0.2, 0) is 0 Å². The third-order valence-electron chi connectivity index (χ3n) is 4.09. The van der Waals surface area contributed by atoms with E-state index in [-0.39, 0.29) is 5.91 Å². The van der Waals surface area contributed by atoms with E-state index in [1.807, 2.05) is 59.1 Å². The zero-order valence-electron chi connectivity index (χ0n) is 13.5. The fourth-order valence-electron chi connectivity index (χ4n) is 2.90. The number of hydrogen-bond acceptors (Lipinski definition) is 3. The fraction of sp³-hybridized carbons (Fsp3) is 0.0526. The van der Waals surface area contributed by atoms with E-state index in [9.17, 15) is 4.79 Å². The van der Waals surface area contributed by atoms with Gasteiger partial charge < -0.3 is 15.0 Å². The average Bonchev–Trinajstić information content (AvgIpc) is 3.13. The fourth-order valence-corrected chi connectivity index (χ4v) is 3.08. The van der Waals surface area contributed by atoms with Crippen molar-refractivity contribution in [3.05, 3.63) is 71.4 Å². The minimum Gasteiger partial charge on any atom is -0.355 e. The largest absolute Gasteiger partial charge is 0.355 e. The van der Waals surface area contributed by atoms with Gasteiger partial charge in [-0.05, 0) is 36.4 Å². The highest BCUT2D eigenvalue weighted by atomic mass is 35.5. The molecule has 0 unspecified atom stereocenters. The molecule has 0 atom stereocenters. The lowest BCUT2D eigenvalue weighted by Crippen LogP contribution is -2.18. The number of nitrogens with zero attached hydrogens (tertiary/aromatic N) is 2. The monoisotopic (exact) mass is 350 g/mol. The topological polar surface area (TPSA) is 58.4 Å². The van der Waals surface area contributed by atoms with Gasteiger partial charge in [-0.15, -0.1) is 0 Å². The Kier molecular flexibility index (Phi) is 3.78. The Morgan fingerprint density at radius 3 is 2.64 bits per heavy atom. The van der Waals surface area contributed by atoms with E-state index < -0.39 is 0 Å².